The summed E-state index contributed by atoms with van der Waals surface area (Å²) in [5.41, 5.74) is 2.40. The lowest BCUT2D eigenvalue weighted by Gasteiger charge is -2.06. The third kappa shape index (κ3) is 3.70. The van der Waals surface area contributed by atoms with Crippen LogP contribution in [0.2, 0.25) is 0 Å². The molecule has 1 aromatic carbocycles. The van der Waals surface area contributed by atoms with Gasteiger partial charge in [0.2, 0.25) is 0 Å². The molecule has 0 bridgehead atoms. The summed E-state index contributed by atoms with van der Waals surface area (Å²) in [6, 6.07) is 10.4. The van der Waals surface area contributed by atoms with Gasteiger partial charge in [0, 0.05) is 18.3 Å². The molecule has 0 saturated carbocycles. The molecule has 0 saturated heterocycles. The van der Waals surface area contributed by atoms with Crippen molar-refractivity contribution in [2.45, 2.75) is 20.4 Å². The lowest BCUT2D eigenvalue weighted by Crippen LogP contribution is -2.24. The Morgan fingerprint density at radius 1 is 1.17 bits per heavy atom. The Morgan fingerprint density at radius 3 is 2.67 bits per heavy atom. The molecular weight excluding hydrogens is 222 g/mol. The summed E-state index contributed by atoms with van der Waals surface area (Å²) in [5, 5.41) is 7.81. The number of nitrogens with zero attached hydrogens (tertiary/aromatic N) is 2. The highest BCUT2D eigenvalue weighted by Gasteiger charge is 2.00. The molecule has 3 nitrogen and oxygen atoms in total. The van der Waals surface area contributed by atoms with Crippen LogP contribution in [0.25, 0.3) is 11.1 Å². The average molecular weight is 243 g/mol. The molecule has 0 fully saturated rings. The van der Waals surface area contributed by atoms with Crippen molar-refractivity contribution in [2.24, 2.45) is 5.92 Å². The molecule has 0 spiro atoms. The van der Waals surface area contributed by atoms with Crippen molar-refractivity contribution in [2.75, 3.05) is 13.1 Å². The first-order valence-corrected chi connectivity index (χ1v) is 6.54. The molecule has 0 amide bonds. The number of hydrogen-bond acceptors (Lipinski definition) is 2. The van der Waals surface area contributed by atoms with Gasteiger partial charge in [0.1, 0.15) is 0 Å². The van der Waals surface area contributed by atoms with Gasteiger partial charge >= 0.3 is 0 Å². The van der Waals surface area contributed by atoms with Gasteiger partial charge in [0.15, 0.2) is 0 Å². The van der Waals surface area contributed by atoms with Gasteiger partial charge in [-0.05, 0) is 18.0 Å². The van der Waals surface area contributed by atoms with Crippen molar-refractivity contribution in [3.63, 3.8) is 0 Å². The van der Waals surface area contributed by atoms with Crippen LogP contribution in [0.15, 0.2) is 42.7 Å². The van der Waals surface area contributed by atoms with E-state index in [1.54, 1.807) is 0 Å². The maximum atomic E-state index is 4.39. The largest absolute Gasteiger partial charge is 0.315 e. The smallest absolute Gasteiger partial charge is 0.0568 e. The second kappa shape index (κ2) is 6.36. The zero-order valence-electron chi connectivity index (χ0n) is 11.1. The fourth-order valence-corrected chi connectivity index (χ4v) is 1.85. The zero-order chi connectivity index (χ0) is 12.8. The van der Waals surface area contributed by atoms with Crippen molar-refractivity contribution in [1.29, 1.82) is 0 Å². The van der Waals surface area contributed by atoms with E-state index in [-0.39, 0.29) is 0 Å². The van der Waals surface area contributed by atoms with Crippen molar-refractivity contribution < 1.29 is 0 Å². The Labute approximate surface area is 109 Å². The summed E-state index contributed by atoms with van der Waals surface area (Å²) in [7, 11) is 0. The maximum Gasteiger partial charge on any atom is 0.0568 e. The summed E-state index contributed by atoms with van der Waals surface area (Å²) in [6.45, 7) is 7.38. The molecule has 1 aromatic heterocycles. The number of benzene rings is 1. The average Bonchev–Trinajstić information content (AvgIpc) is 2.84. The topological polar surface area (TPSA) is 29.9 Å². The molecule has 1 heterocycles. The summed E-state index contributed by atoms with van der Waals surface area (Å²) in [6.07, 6.45) is 4.03. The van der Waals surface area contributed by atoms with Crippen LogP contribution in [0, 0.1) is 5.92 Å². The molecule has 0 aliphatic rings. The number of aromatic nitrogens is 2. The molecular formula is C15H21N3. The van der Waals surface area contributed by atoms with E-state index in [2.05, 4.69) is 54.7 Å². The third-order valence-electron chi connectivity index (χ3n) is 2.81. The Morgan fingerprint density at radius 2 is 1.94 bits per heavy atom. The highest BCUT2D eigenvalue weighted by Crippen LogP contribution is 2.17. The second-order valence-corrected chi connectivity index (χ2v) is 4.96. The van der Waals surface area contributed by atoms with E-state index >= 15 is 0 Å². The van der Waals surface area contributed by atoms with Crippen LogP contribution < -0.4 is 5.32 Å². The van der Waals surface area contributed by atoms with Gasteiger partial charge in [0.25, 0.3) is 0 Å². The van der Waals surface area contributed by atoms with E-state index in [1.807, 2.05) is 16.9 Å². The highest BCUT2D eigenvalue weighted by molar-refractivity contribution is 5.61. The number of nitrogens with one attached hydrogen (secondary N) is 1. The van der Waals surface area contributed by atoms with E-state index < -0.39 is 0 Å². The molecule has 0 radical (unpaired) electrons. The van der Waals surface area contributed by atoms with Gasteiger partial charge in [0.05, 0.1) is 12.7 Å². The molecule has 1 N–H and O–H groups in total. The molecule has 96 valence electrons. The van der Waals surface area contributed by atoms with Crippen LogP contribution in [0.3, 0.4) is 0 Å². The first-order valence-electron chi connectivity index (χ1n) is 6.54. The van der Waals surface area contributed by atoms with Gasteiger partial charge in [-0.3, -0.25) is 4.68 Å². The summed E-state index contributed by atoms with van der Waals surface area (Å²) >= 11 is 0. The predicted molar refractivity (Wildman–Crippen MR) is 75.4 cm³/mol. The minimum absolute atomic E-state index is 0.697. The first-order chi connectivity index (χ1) is 8.75. The molecule has 2 rings (SSSR count). The Kier molecular flexibility index (Phi) is 4.53. The van der Waals surface area contributed by atoms with Crippen LogP contribution in [0.4, 0.5) is 0 Å². The van der Waals surface area contributed by atoms with Crippen LogP contribution in [-0.2, 0) is 6.54 Å². The summed E-state index contributed by atoms with van der Waals surface area (Å²) in [5.74, 6) is 0.697. The Balaban J connectivity index is 1.87. The van der Waals surface area contributed by atoms with Crippen molar-refractivity contribution in [1.82, 2.24) is 15.1 Å². The van der Waals surface area contributed by atoms with Gasteiger partial charge in [-0.2, -0.15) is 5.10 Å². The van der Waals surface area contributed by atoms with Crippen molar-refractivity contribution in [3.05, 3.63) is 42.7 Å². The lowest BCUT2D eigenvalue weighted by atomic mass is 10.1. The van der Waals surface area contributed by atoms with Crippen LogP contribution >= 0.6 is 0 Å². The second-order valence-electron chi connectivity index (χ2n) is 4.96. The van der Waals surface area contributed by atoms with Gasteiger partial charge < -0.3 is 5.32 Å². The molecule has 2 aromatic rings. The zero-order valence-corrected chi connectivity index (χ0v) is 11.1. The summed E-state index contributed by atoms with van der Waals surface area (Å²) < 4.78 is 2.00. The van der Waals surface area contributed by atoms with Crippen molar-refractivity contribution in [3.8, 4) is 11.1 Å². The molecule has 0 atom stereocenters. The predicted octanol–water partition coefficient (Wildman–Crippen LogP) is 2.80. The molecule has 18 heavy (non-hydrogen) atoms. The molecule has 0 aliphatic carbocycles. The standard InChI is InChI=1S/C15H21N3/c1-13(2)10-16-8-9-18-12-15(11-17-18)14-6-4-3-5-7-14/h3-7,11-13,16H,8-10H2,1-2H3. The molecule has 0 aliphatic heterocycles. The van der Waals surface area contributed by atoms with Gasteiger partial charge in [-0.1, -0.05) is 44.2 Å². The summed E-state index contributed by atoms with van der Waals surface area (Å²) in [4.78, 5) is 0. The minimum atomic E-state index is 0.697. The quantitative estimate of drug-likeness (QED) is 0.791. The lowest BCUT2D eigenvalue weighted by molar-refractivity contribution is 0.506. The first kappa shape index (κ1) is 12.8. The fourth-order valence-electron chi connectivity index (χ4n) is 1.85. The monoisotopic (exact) mass is 243 g/mol. The van der Waals surface area contributed by atoms with E-state index in [9.17, 15) is 0 Å². The molecule has 0 unspecified atom stereocenters. The normalized spacial score (nSPS) is 11.1. The van der Waals surface area contributed by atoms with Gasteiger partial charge in [-0.15, -0.1) is 0 Å². The SMILES string of the molecule is CC(C)CNCCn1cc(-c2ccccc2)cn1. The van der Waals surface area contributed by atoms with Gasteiger partial charge in [-0.25, -0.2) is 0 Å². The molecule has 3 heteroatoms. The van der Waals surface area contributed by atoms with E-state index in [4.69, 9.17) is 0 Å². The Hall–Kier alpha value is -1.61. The van der Waals surface area contributed by atoms with Crippen molar-refractivity contribution >= 4 is 0 Å². The van der Waals surface area contributed by atoms with Crippen LogP contribution in [0.5, 0.6) is 0 Å². The maximum absolute atomic E-state index is 4.39. The van der Waals surface area contributed by atoms with E-state index in [0.717, 1.165) is 19.6 Å². The highest BCUT2D eigenvalue weighted by atomic mass is 15.3. The fraction of sp³-hybridized carbons (Fsp3) is 0.400. The van der Waals surface area contributed by atoms with Crippen LogP contribution in [0.1, 0.15) is 13.8 Å². The number of hydrogen-bond donors (Lipinski definition) is 1. The Bertz CT molecular complexity index is 460. The van der Waals surface area contributed by atoms with E-state index in [0.29, 0.717) is 5.92 Å². The van der Waals surface area contributed by atoms with Crippen LogP contribution in [-0.4, -0.2) is 22.9 Å². The number of rotatable bonds is 6. The third-order valence-corrected chi connectivity index (χ3v) is 2.81. The van der Waals surface area contributed by atoms with E-state index in [1.165, 1.54) is 11.1 Å². The minimum Gasteiger partial charge on any atom is -0.315 e.